The fourth-order valence-electron chi connectivity index (χ4n) is 4.89. The van der Waals surface area contributed by atoms with Gasteiger partial charge in [0.2, 0.25) is 0 Å². The number of hydrogen-bond acceptors (Lipinski definition) is 7. The van der Waals surface area contributed by atoms with Crippen LogP contribution in [0.5, 0.6) is 0 Å². The van der Waals surface area contributed by atoms with Crippen LogP contribution in [0.25, 0.3) is 21.3 Å². The number of halogens is 3. The Hall–Kier alpha value is -3.67. The fourth-order valence-corrected chi connectivity index (χ4v) is 5.84. The summed E-state index contributed by atoms with van der Waals surface area (Å²) in [7, 11) is 0. The fraction of sp³-hybridized carbons (Fsp3) is 0.286. The van der Waals surface area contributed by atoms with E-state index in [0.717, 1.165) is 22.8 Å². The standard InChI is InChI=1S/C28H27F3N4O3S/c29-28(30,31)20-14-22(34-26-23(20)24(32)25(39-26)27(37)38)35-12-10-19(11-13-35)33-15-21(36)18-8-6-17(7-9-18)16-4-2-1-3-5-16/h1-9,14,19,21,33,36H,10-13,15,32H2,(H,37,38). The number of nitrogens with zero attached hydrogens (tertiary/aromatic N) is 2. The summed E-state index contributed by atoms with van der Waals surface area (Å²) in [6.07, 6.45) is -4.11. The average molecular weight is 557 g/mol. The molecule has 0 aliphatic carbocycles. The molecule has 0 radical (unpaired) electrons. The number of aliphatic hydroxyl groups excluding tert-OH is 1. The number of carbonyl (C=O) groups is 1. The topological polar surface area (TPSA) is 112 Å². The second-order valence-electron chi connectivity index (χ2n) is 9.53. The summed E-state index contributed by atoms with van der Waals surface area (Å²) in [6, 6.07) is 18.8. The number of carboxylic acid groups (broad SMARTS) is 1. The smallest absolute Gasteiger partial charge is 0.417 e. The molecule has 0 spiro atoms. The first-order chi connectivity index (χ1) is 18.6. The normalized spacial score (nSPS) is 15.5. The Morgan fingerprint density at radius 1 is 1.10 bits per heavy atom. The van der Waals surface area contributed by atoms with Gasteiger partial charge in [-0.05, 0) is 35.6 Å². The molecule has 39 heavy (non-hydrogen) atoms. The van der Waals surface area contributed by atoms with E-state index >= 15 is 0 Å². The number of nitrogen functional groups attached to an aromatic ring is 1. The van der Waals surface area contributed by atoms with Gasteiger partial charge in [-0.1, -0.05) is 54.6 Å². The molecule has 0 bridgehead atoms. The molecule has 1 aliphatic rings. The zero-order valence-electron chi connectivity index (χ0n) is 20.8. The van der Waals surface area contributed by atoms with Gasteiger partial charge in [-0.25, -0.2) is 9.78 Å². The Bertz CT molecular complexity index is 1470. The number of thiophene rings is 1. The highest BCUT2D eigenvalue weighted by Gasteiger charge is 2.37. The third-order valence-electron chi connectivity index (χ3n) is 7.01. The third-order valence-corrected chi connectivity index (χ3v) is 8.09. The summed E-state index contributed by atoms with van der Waals surface area (Å²) in [4.78, 5) is 17.2. The first-order valence-corrected chi connectivity index (χ1v) is 13.3. The Morgan fingerprint density at radius 2 is 1.74 bits per heavy atom. The summed E-state index contributed by atoms with van der Waals surface area (Å²) in [6.45, 7) is 1.27. The number of pyridine rings is 1. The van der Waals surface area contributed by atoms with Crippen LogP contribution < -0.4 is 16.0 Å². The van der Waals surface area contributed by atoms with Crippen molar-refractivity contribution in [2.24, 2.45) is 0 Å². The van der Waals surface area contributed by atoms with Crippen molar-refractivity contribution in [2.45, 2.75) is 31.2 Å². The van der Waals surface area contributed by atoms with Crippen molar-refractivity contribution in [3.63, 3.8) is 0 Å². The van der Waals surface area contributed by atoms with Crippen molar-refractivity contribution in [1.29, 1.82) is 0 Å². The summed E-state index contributed by atoms with van der Waals surface area (Å²) < 4.78 is 41.6. The molecule has 5 rings (SSSR count). The van der Waals surface area contributed by atoms with E-state index in [9.17, 15) is 28.2 Å². The van der Waals surface area contributed by atoms with Gasteiger partial charge in [0.15, 0.2) is 0 Å². The third kappa shape index (κ3) is 5.70. The van der Waals surface area contributed by atoms with E-state index in [1.54, 1.807) is 4.90 Å². The van der Waals surface area contributed by atoms with Crippen molar-refractivity contribution in [3.8, 4) is 11.1 Å². The van der Waals surface area contributed by atoms with E-state index in [1.807, 2.05) is 54.6 Å². The van der Waals surface area contributed by atoms with E-state index in [2.05, 4.69) is 10.3 Å². The highest BCUT2D eigenvalue weighted by Crippen LogP contribution is 2.43. The van der Waals surface area contributed by atoms with Crippen molar-refractivity contribution >= 4 is 39.0 Å². The van der Waals surface area contributed by atoms with E-state index in [0.29, 0.717) is 43.8 Å². The van der Waals surface area contributed by atoms with Gasteiger partial charge in [-0.3, -0.25) is 0 Å². The van der Waals surface area contributed by atoms with Crippen LogP contribution in [-0.2, 0) is 6.18 Å². The van der Waals surface area contributed by atoms with Crippen LogP contribution in [0.1, 0.15) is 39.7 Å². The van der Waals surface area contributed by atoms with E-state index in [4.69, 9.17) is 5.73 Å². The first kappa shape index (κ1) is 26.9. The number of nitrogens with one attached hydrogen (secondary N) is 1. The van der Waals surface area contributed by atoms with Crippen LogP contribution in [0, 0.1) is 0 Å². The maximum absolute atomic E-state index is 13.9. The minimum atomic E-state index is -4.71. The highest BCUT2D eigenvalue weighted by atomic mass is 32.1. The molecule has 1 fully saturated rings. The molecule has 1 unspecified atom stereocenters. The molecule has 0 saturated carbocycles. The number of aromatic nitrogens is 1. The van der Waals surface area contributed by atoms with Crippen LogP contribution in [0.4, 0.5) is 24.7 Å². The van der Waals surface area contributed by atoms with Crippen molar-refractivity contribution in [3.05, 3.63) is 76.7 Å². The molecule has 7 nitrogen and oxygen atoms in total. The Labute approximate surface area is 226 Å². The highest BCUT2D eigenvalue weighted by molar-refractivity contribution is 7.21. The largest absolute Gasteiger partial charge is 0.477 e. The summed E-state index contributed by atoms with van der Waals surface area (Å²) >= 11 is 0.647. The molecule has 1 saturated heterocycles. The molecule has 3 heterocycles. The lowest BCUT2D eigenvalue weighted by Gasteiger charge is -2.34. The SMILES string of the molecule is Nc1c(C(=O)O)sc2nc(N3CCC(NCC(O)c4ccc(-c5ccccc5)cc4)CC3)cc(C(F)(F)F)c12. The maximum Gasteiger partial charge on any atom is 0.417 e. The number of anilines is 2. The number of piperidine rings is 1. The van der Waals surface area contributed by atoms with Gasteiger partial charge >= 0.3 is 12.1 Å². The molecule has 1 aliphatic heterocycles. The average Bonchev–Trinajstić information content (AvgIpc) is 3.28. The van der Waals surface area contributed by atoms with Gasteiger partial charge in [0.05, 0.1) is 17.4 Å². The summed E-state index contributed by atoms with van der Waals surface area (Å²) in [5, 5.41) is 23.0. The molecule has 204 valence electrons. The lowest BCUT2D eigenvalue weighted by molar-refractivity contribution is -0.136. The molecular weight excluding hydrogens is 529 g/mol. The van der Waals surface area contributed by atoms with Crippen LogP contribution in [0.2, 0.25) is 0 Å². The number of aliphatic hydroxyl groups is 1. The Balaban J connectivity index is 1.22. The molecule has 1 atom stereocenters. The van der Waals surface area contributed by atoms with Crippen molar-refractivity contribution < 1.29 is 28.2 Å². The number of benzene rings is 2. The predicted octanol–water partition coefficient (Wildman–Crippen LogP) is 5.55. The minimum Gasteiger partial charge on any atom is -0.477 e. The van der Waals surface area contributed by atoms with Crippen LogP contribution in [-0.4, -0.2) is 46.8 Å². The maximum atomic E-state index is 13.9. The van der Waals surface area contributed by atoms with Gasteiger partial charge in [0.25, 0.3) is 0 Å². The van der Waals surface area contributed by atoms with Gasteiger partial charge in [0.1, 0.15) is 15.5 Å². The molecule has 11 heteroatoms. The predicted molar refractivity (Wildman–Crippen MR) is 146 cm³/mol. The zero-order chi connectivity index (χ0) is 27.7. The first-order valence-electron chi connectivity index (χ1n) is 12.5. The molecule has 2 aromatic carbocycles. The summed E-state index contributed by atoms with van der Waals surface area (Å²) in [5.74, 6) is -1.24. The minimum absolute atomic E-state index is 0.0450. The number of nitrogens with two attached hydrogens (primary N) is 1. The van der Waals surface area contributed by atoms with E-state index < -0.39 is 29.5 Å². The van der Waals surface area contributed by atoms with E-state index in [1.165, 1.54) is 0 Å². The van der Waals surface area contributed by atoms with Crippen LogP contribution >= 0.6 is 11.3 Å². The van der Waals surface area contributed by atoms with Gasteiger partial charge in [0, 0.05) is 31.1 Å². The second kappa shape index (κ2) is 10.8. The molecule has 4 aromatic rings. The van der Waals surface area contributed by atoms with Gasteiger partial charge in [-0.15, -0.1) is 11.3 Å². The Kier molecular flexibility index (Phi) is 7.48. The van der Waals surface area contributed by atoms with Crippen LogP contribution in [0.15, 0.2) is 60.7 Å². The number of rotatable bonds is 7. The lowest BCUT2D eigenvalue weighted by atomic mass is 10.0. The number of carboxylic acids is 1. The number of aromatic carboxylic acids is 1. The molecule has 0 amide bonds. The van der Waals surface area contributed by atoms with Crippen LogP contribution in [0.3, 0.4) is 0 Å². The van der Waals surface area contributed by atoms with Crippen molar-refractivity contribution in [1.82, 2.24) is 10.3 Å². The lowest BCUT2D eigenvalue weighted by Crippen LogP contribution is -2.44. The van der Waals surface area contributed by atoms with Crippen molar-refractivity contribution in [2.75, 3.05) is 30.3 Å². The zero-order valence-corrected chi connectivity index (χ0v) is 21.6. The Morgan fingerprint density at radius 3 is 2.36 bits per heavy atom. The molecule has 5 N–H and O–H groups in total. The number of fused-ring (bicyclic) bond motifs is 1. The van der Waals surface area contributed by atoms with Gasteiger partial charge in [-0.2, -0.15) is 13.2 Å². The molecule has 2 aromatic heterocycles. The quantitative estimate of drug-likeness (QED) is 0.236. The number of alkyl halides is 3. The second-order valence-corrected chi connectivity index (χ2v) is 10.5. The van der Waals surface area contributed by atoms with Gasteiger partial charge < -0.3 is 26.2 Å². The molecular formula is C28H27F3N4O3S. The summed E-state index contributed by atoms with van der Waals surface area (Å²) in [5.41, 5.74) is 7.34. The van der Waals surface area contributed by atoms with E-state index in [-0.39, 0.29) is 27.0 Å². The number of hydrogen-bond donors (Lipinski definition) is 4. The monoisotopic (exact) mass is 556 g/mol.